The van der Waals surface area contributed by atoms with Crippen LogP contribution in [0.4, 0.5) is 5.69 Å². The number of anilines is 1. The molecule has 0 amide bonds. The minimum Gasteiger partial charge on any atom is -0.454 e. The molecule has 1 N–H and O–H groups in total. The predicted octanol–water partition coefficient (Wildman–Crippen LogP) is 2.62. The van der Waals surface area contributed by atoms with Gasteiger partial charge in [0.2, 0.25) is 0 Å². The predicted molar refractivity (Wildman–Crippen MR) is 91.4 cm³/mol. The van der Waals surface area contributed by atoms with E-state index in [1.54, 1.807) is 0 Å². The number of hydrogen-bond donors (Lipinski definition) is 1. The number of nitriles is 1. The minimum absolute atomic E-state index is 0.251. The molecule has 0 aromatic heterocycles. The van der Waals surface area contributed by atoms with E-state index in [0.717, 1.165) is 11.3 Å². The van der Waals surface area contributed by atoms with Gasteiger partial charge in [-0.25, -0.2) is 4.79 Å². The van der Waals surface area contributed by atoms with Crippen molar-refractivity contribution in [1.29, 1.82) is 5.26 Å². The van der Waals surface area contributed by atoms with E-state index >= 15 is 0 Å². The zero-order valence-electron chi connectivity index (χ0n) is 13.2. The number of para-hydroxylation sites is 1. The number of terminal acetylenes is 1. The molecule has 0 aliphatic rings. The third kappa shape index (κ3) is 5.67. The lowest BCUT2D eigenvalue weighted by Crippen LogP contribution is -2.06. The number of nitrogens with zero attached hydrogens (tertiary/aromatic N) is 1. The maximum absolute atomic E-state index is 11.1. The summed E-state index contributed by atoms with van der Waals surface area (Å²) in [4.78, 5) is 21.1. The number of benzene rings is 2. The van der Waals surface area contributed by atoms with E-state index in [-0.39, 0.29) is 6.61 Å². The number of rotatable bonds is 4. The number of hydrogen-bond acceptors (Lipinski definition) is 5. The molecule has 0 aliphatic heterocycles. The highest BCUT2D eigenvalue weighted by molar-refractivity contribution is 5.90. The summed E-state index contributed by atoms with van der Waals surface area (Å²) in [5.74, 6) is 2.02. The van der Waals surface area contributed by atoms with Gasteiger partial charge in [-0.1, -0.05) is 18.1 Å². The SMILES string of the molecule is C#Cc1ccccc1NC.N#Cc1ccc(C(=O)OCC=O)cc1. The summed E-state index contributed by atoms with van der Waals surface area (Å²) in [6.07, 6.45) is 5.74. The summed E-state index contributed by atoms with van der Waals surface area (Å²) in [6.45, 7) is -0.251. The van der Waals surface area contributed by atoms with Crippen molar-refractivity contribution in [2.75, 3.05) is 19.0 Å². The number of aldehydes is 1. The molecule has 0 saturated carbocycles. The normalized spacial score (nSPS) is 8.62. The molecule has 0 atom stereocenters. The molecule has 0 fully saturated rings. The monoisotopic (exact) mass is 320 g/mol. The van der Waals surface area contributed by atoms with Crippen LogP contribution in [0.15, 0.2) is 48.5 Å². The fourth-order valence-corrected chi connectivity index (χ4v) is 1.70. The quantitative estimate of drug-likeness (QED) is 0.532. The zero-order valence-corrected chi connectivity index (χ0v) is 13.2. The van der Waals surface area contributed by atoms with Gasteiger partial charge in [-0.2, -0.15) is 5.26 Å². The first-order valence-corrected chi connectivity index (χ1v) is 7.00. The number of ether oxygens (including phenoxy) is 1. The number of carbonyl (C=O) groups is 2. The molecule has 0 radical (unpaired) electrons. The van der Waals surface area contributed by atoms with Crippen LogP contribution in [0.2, 0.25) is 0 Å². The van der Waals surface area contributed by atoms with Crippen molar-refractivity contribution in [3.63, 3.8) is 0 Å². The van der Waals surface area contributed by atoms with Crippen molar-refractivity contribution in [3.05, 3.63) is 65.2 Å². The minimum atomic E-state index is -0.568. The van der Waals surface area contributed by atoms with Crippen molar-refractivity contribution in [3.8, 4) is 18.4 Å². The summed E-state index contributed by atoms with van der Waals surface area (Å²) < 4.78 is 4.56. The van der Waals surface area contributed by atoms with Crippen molar-refractivity contribution in [2.45, 2.75) is 0 Å². The molecule has 0 aliphatic carbocycles. The Morgan fingerprint density at radius 2 is 1.92 bits per heavy atom. The first-order chi connectivity index (χ1) is 11.7. The molecule has 2 aromatic rings. The molecule has 2 aromatic carbocycles. The van der Waals surface area contributed by atoms with Crippen molar-refractivity contribution < 1.29 is 14.3 Å². The van der Waals surface area contributed by atoms with Crippen LogP contribution in [-0.2, 0) is 9.53 Å². The van der Waals surface area contributed by atoms with Gasteiger partial charge in [0, 0.05) is 18.3 Å². The van der Waals surface area contributed by atoms with E-state index < -0.39 is 5.97 Å². The van der Waals surface area contributed by atoms with Crippen molar-refractivity contribution in [1.82, 2.24) is 0 Å². The Hall–Kier alpha value is -3.57. The molecule has 120 valence electrons. The van der Waals surface area contributed by atoms with Crippen LogP contribution < -0.4 is 5.32 Å². The highest BCUT2D eigenvalue weighted by Crippen LogP contribution is 2.11. The molecule has 2 rings (SSSR count). The smallest absolute Gasteiger partial charge is 0.338 e. The number of carbonyl (C=O) groups excluding carboxylic acids is 2. The second-order valence-corrected chi connectivity index (χ2v) is 4.39. The lowest BCUT2D eigenvalue weighted by molar-refractivity contribution is -0.110. The van der Waals surface area contributed by atoms with E-state index in [1.165, 1.54) is 24.3 Å². The molecule has 5 heteroatoms. The van der Waals surface area contributed by atoms with Crippen LogP contribution in [0.5, 0.6) is 0 Å². The van der Waals surface area contributed by atoms with E-state index in [1.807, 2.05) is 37.4 Å². The van der Waals surface area contributed by atoms with Crippen molar-refractivity contribution >= 4 is 17.9 Å². The van der Waals surface area contributed by atoms with Gasteiger partial charge in [-0.15, -0.1) is 6.42 Å². The fraction of sp³-hybridized carbons (Fsp3) is 0.105. The molecule has 24 heavy (non-hydrogen) atoms. The molecular weight excluding hydrogens is 304 g/mol. The van der Waals surface area contributed by atoms with Gasteiger partial charge in [0.25, 0.3) is 0 Å². The Kier molecular flexibility index (Phi) is 7.86. The maximum atomic E-state index is 11.1. The van der Waals surface area contributed by atoms with Crippen LogP contribution in [0.1, 0.15) is 21.5 Å². The average molecular weight is 320 g/mol. The van der Waals surface area contributed by atoms with E-state index in [9.17, 15) is 9.59 Å². The van der Waals surface area contributed by atoms with Gasteiger partial charge >= 0.3 is 5.97 Å². The summed E-state index contributed by atoms with van der Waals surface area (Å²) in [5.41, 5.74) is 2.71. The Balaban J connectivity index is 0.000000254. The van der Waals surface area contributed by atoms with E-state index in [0.29, 0.717) is 17.4 Å². The first kappa shape index (κ1) is 18.5. The Morgan fingerprint density at radius 3 is 2.42 bits per heavy atom. The lowest BCUT2D eigenvalue weighted by Gasteiger charge is -2.00. The highest BCUT2D eigenvalue weighted by atomic mass is 16.5. The molecule has 0 bridgehead atoms. The highest BCUT2D eigenvalue weighted by Gasteiger charge is 2.05. The average Bonchev–Trinajstić information content (AvgIpc) is 2.66. The Bertz CT molecular complexity index is 768. The van der Waals surface area contributed by atoms with Gasteiger partial charge in [0.15, 0.2) is 6.29 Å². The van der Waals surface area contributed by atoms with Crippen LogP contribution in [0, 0.1) is 23.7 Å². The van der Waals surface area contributed by atoms with Crippen LogP contribution in [0.25, 0.3) is 0 Å². The summed E-state index contributed by atoms with van der Waals surface area (Å²) >= 11 is 0. The molecule has 5 nitrogen and oxygen atoms in total. The van der Waals surface area contributed by atoms with Gasteiger partial charge in [0.1, 0.15) is 6.61 Å². The Labute approximate surface area is 140 Å². The molecular formula is C19H16N2O3. The molecule has 0 saturated heterocycles. The molecule has 0 heterocycles. The van der Waals surface area contributed by atoms with Crippen LogP contribution in [-0.4, -0.2) is 25.9 Å². The molecule has 0 unspecified atom stereocenters. The third-order valence-corrected chi connectivity index (χ3v) is 2.88. The first-order valence-electron chi connectivity index (χ1n) is 7.00. The van der Waals surface area contributed by atoms with Crippen LogP contribution >= 0.6 is 0 Å². The summed E-state index contributed by atoms with van der Waals surface area (Å²) in [6, 6.07) is 15.6. The maximum Gasteiger partial charge on any atom is 0.338 e. The second kappa shape index (κ2) is 10.2. The van der Waals surface area contributed by atoms with Crippen LogP contribution in [0.3, 0.4) is 0 Å². The Morgan fingerprint density at radius 1 is 1.25 bits per heavy atom. The van der Waals surface area contributed by atoms with Gasteiger partial charge in [-0.3, -0.25) is 4.79 Å². The van der Waals surface area contributed by atoms with Crippen molar-refractivity contribution in [2.24, 2.45) is 0 Å². The van der Waals surface area contributed by atoms with E-state index in [4.69, 9.17) is 11.7 Å². The third-order valence-electron chi connectivity index (χ3n) is 2.88. The summed E-state index contributed by atoms with van der Waals surface area (Å²) in [5, 5.41) is 11.5. The molecule has 0 spiro atoms. The van der Waals surface area contributed by atoms with E-state index in [2.05, 4.69) is 16.0 Å². The largest absolute Gasteiger partial charge is 0.454 e. The zero-order chi connectivity index (χ0) is 17.8. The summed E-state index contributed by atoms with van der Waals surface area (Å²) in [7, 11) is 1.86. The number of esters is 1. The van der Waals surface area contributed by atoms with Gasteiger partial charge < -0.3 is 10.1 Å². The fourth-order valence-electron chi connectivity index (χ4n) is 1.70. The topological polar surface area (TPSA) is 79.2 Å². The van der Waals surface area contributed by atoms with Gasteiger partial charge in [-0.05, 0) is 36.4 Å². The number of nitrogens with one attached hydrogen (secondary N) is 1. The standard InChI is InChI=1S/C10H7NO3.C9H9N/c11-7-8-1-3-9(4-2-8)10(13)14-6-5-12;1-3-8-6-4-5-7-9(8)10-2/h1-5H,6H2;1,4-7,10H,2H3. The van der Waals surface area contributed by atoms with Gasteiger partial charge in [0.05, 0.1) is 17.2 Å². The lowest BCUT2D eigenvalue weighted by atomic mass is 10.1. The second-order valence-electron chi connectivity index (χ2n) is 4.39.